The van der Waals surface area contributed by atoms with Crippen molar-refractivity contribution in [2.45, 2.75) is 83.6 Å². The fraction of sp³-hybridized carbons (Fsp3) is 0.708. The molecule has 4 nitrogen and oxygen atoms in total. The maximum absolute atomic E-state index is 5.56. The van der Waals surface area contributed by atoms with Gasteiger partial charge in [-0.2, -0.15) is 0 Å². The Kier molecular flexibility index (Phi) is 8.06. The maximum Gasteiger partial charge on any atom is 0.115 e. The molecule has 1 aromatic heterocycles. The van der Waals surface area contributed by atoms with Gasteiger partial charge in [0.25, 0.3) is 0 Å². The van der Waals surface area contributed by atoms with Crippen LogP contribution >= 0.6 is 11.9 Å². The summed E-state index contributed by atoms with van der Waals surface area (Å²) in [6.07, 6.45) is 6.34. The molecule has 2 aliphatic rings. The summed E-state index contributed by atoms with van der Waals surface area (Å²) in [4.78, 5) is 6.42. The average molecular weight is 418 g/mol. The summed E-state index contributed by atoms with van der Waals surface area (Å²) in [7, 11) is 0. The van der Waals surface area contributed by atoms with Crippen LogP contribution in [0.25, 0.3) is 11.0 Å². The molecule has 3 heterocycles. The number of benzene rings is 1. The van der Waals surface area contributed by atoms with Crippen molar-refractivity contribution < 1.29 is 4.74 Å². The zero-order valence-corrected chi connectivity index (χ0v) is 19.9. The topological polar surface area (TPSA) is 30.3 Å². The van der Waals surface area contributed by atoms with Gasteiger partial charge in [-0.15, -0.1) is 0 Å². The molecule has 0 N–H and O–H groups in total. The third-order valence-corrected chi connectivity index (χ3v) is 6.81. The van der Waals surface area contributed by atoms with E-state index < -0.39 is 0 Å². The number of rotatable bonds is 4. The Hall–Kier alpha value is -1.04. The third-order valence-electron chi connectivity index (χ3n) is 5.72. The van der Waals surface area contributed by atoms with Crippen LogP contribution < -0.4 is 0 Å². The van der Waals surface area contributed by atoms with Crippen molar-refractivity contribution in [3.8, 4) is 0 Å². The Morgan fingerprint density at radius 1 is 1.07 bits per heavy atom. The molecule has 0 amide bonds. The van der Waals surface area contributed by atoms with Crippen LogP contribution in [-0.4, -0.2) is 40.2 Å². The van der Waals surface area contributed by atoms with Gasteiger partial charge in [0, 0.05) is 43.2 Å². The van der Waals surface area contributed by atoms with Crippen molar-refractivity contribution in [3.05, 3.63) is 24.0 Å². The normalized spacial score (nSPS) is 19.2. The van der Waals surface area contributed by atoms with Crippen LogP contribution in [0.5, 0.6) is 0 Å². The number of imidazole rings is 1. The summed E-state index contributed by atoms with van der Waals surface area (Å²) in [6.45, 7) is 16.1. The minimum absolute atomic E-state index is 0.0460. The molecule has 0 bridgehead atoms. The maximum atomic E-state index is 5.56. The highest BCUT2D eigenvalue weighted by molar-refractivity contribution is 7.97. The molecule has 2 aromatic rings. The molecule has 0 spiro atoms. The zero-order chi connectivity index (χ0) is 20.9. The Morgan fingerprint density at radius 2 is 1.76 bits per heavy atom. The van der Waals surface area contributed by atoms with Crippen molar-refractivity contribution in [1.29, 1.82) is 0 Å². The van der Waals surface area contributed by atoms with Gasteiger partial charge in [-0.1, -0.05) is 41.0 Å². The van der Waals surface area contributed by atoms with Gasteiger partial charge in [-0.3, -0.25) is 0 Å². The molecule has 4 rings (SSSR count). The highest BCUT2D eigenvalue weighted by Crippen LogP contribution is 2.33. The first-order chi connectivity index (χ1) is 14.0. The van der Waals surface area contributed by atoms with Gasteiger partial charge in [0.2, 0.25) is 0 Å². The van der Waals surface area contributed by atoms with Gasteiger partial charge in [-0.25, -0.2) is 9.29 Å². The minimum Gasteiger partial charge on any atom is -0.381 e. The monoisotopic (exact) mass is 417 g/mol. The van der Waals surface area contributed by atoms with Crippen LogP contribution in [0.4, 0.5) is 0 Å². The molecule has 2 saturated heterocycles. The Labute approximate surface area is 181 Å². The predicted octanol–water partition coefficient (Wildman–Crippen LogP) is 6.28. The molecule has 1 aromatic carbocycles. The second-order valence-electron chi connectivity index (χ2n) is 9.08. The molecule has 0 aliphatic carbocycles. The lowest BCUT2D eigenvalue weighted by atomic mass is 9.94. The first-order valence-corrected chi connectivity index (χ1v) is 12.3. The van der Waals surface area contributed by atoms with E-state index >= 15 is 0 Å². The highest BCUT2D eigenvalue weighted by Gasteiger charge is 2.25. The van der Waals surface area contributed by atoms with E-state index in [0.717, 1.165) is 38.1 Å². The van der Waals surface area contributed by atoms with Gasteiger partial charge < -0.3 is 9.30 Å². The van der Waals surface area contributed by atoms with E-state index in [-0.39, 0.29) is 5.41 Å². The predicted molar refractivity (Wildman–Crippen MR) is 125 cm³/mol. The van der Waals surface area contributed by atoms with E-state index in [9.17, 15) is 0 Å². The first kappa shape index (κ1) is 22.6. The van der Waals surface area contributed by atoms with Gasteiger partial charge in [0.1, 0.15) is 5.82 Å². The van der Waals surface area contributed by atoms with Crippen LogP contribution in [0.15, 0.2) is 23.1 Å². The summed E-state index contributed by atoms with van der Waals surface area (Å²) in [5.74, 6) is 1.91. The molecule has 0 unspecified atom stereocenters. The van der Waals surface area contributed by atoms with E-state index in [2.05, 4.69) is 47.8 Å². The third kappa shape index (κ3) is 5.77. The fourth-order valence-electron chi connectivity index (χ4n) is 4.22. The van der Waals surface area contributed by atoms with E-state index in [1.807, 2.05) is 25.8 Å². The van der Waals surface area contributed by atoms with Gasteiger partial charge in [0.05, 0.1) is 11.0 Å². The molecule has 2 aliphatic heterocycles. The van der Waals surface area contributed by atoms with Crippen LogP contribution in [0.2, 0.25) is 0 Å². The number of piperidine rings is 1. The summed E-state index contributed by atoms with van der Waals surface area (Å²) in [5, 5.41) is 0. The lowest BCUT2D eigenvalue weighted by Gasteiger charge is -2.26. The second kappa shape index (κ2) is 10.3. The van der Waals surface area contributed by atoms with Gasteiger partial charge in [-0.05, 0) is 61.7 Å². The van der Waals surface area contributed by atoms with E-state index in [0.29, 0.717) is 5.92 Å². The lowest BCUT2D eigenvalue weighted by molar-refractivity contribution is 0.0611. The summed E-state index contributed by atoms with van der Waals surface area (Å²) in [5.41, 5.74) is 2.48. The lowest BCUT2D eigenvalue weighted by Crippen LogP contribution is -2.25. The minimum atomic E-state index is 0.0460. The molecule has 162 valence electrons. The molecule has 5 heteroatoms. The molecule has 29 heavy (non-hydrogen) atoms. The average Bonchev–Trinajstić information content (AvgIpc) is 3.09. The Morgan fingerprint density at radius 3 is 2.41 bits per heavy atom. The van der Waals surface area contributed by atoms with Crippen molar-refractivity contribution in [3.63, 3.8) is 0 Å². The molecular formula is C24H39N3OS. The first-order valence-electron chi connectivity index (χ1n) is 11.5. The summed E-state index contributed by atoms with van der Waals surface area (Å²) >= 11 is 1.91. The summed E-state index contributed by atoms with van der Waals surface area (Å²) in [6, 6.07) is 6.88. The van der Waals surface area contributed by atoms with E-state index in [4.69, 9.17) is 9.72 Å². The standard InChI is InChI=1S/C22H33N3OS.C2H6/c1-22(2,3)21-23-19-15-18(27-24-11-5-4-6-12-24)7-8-20(19)25(21)16-17-9-13-26-14-10-17;1-2/h7-8,15,17H,4-6,9-14,16H2,1-3H3;1-2H3. The van der Waals surface area contributed by atoms with Crippen LogP contribution in [0, 0.1) is 5.92 Å². The van der Waals surface area contributed by atoms with Crippen molar-refractivity contribution in [2.24, 2.45) is 5.92 Å². The van der Waals surface area contributed by atoms with Crippen LogP contribution in [0.3, 0.4) is 0 Å². The molecule has 0 saturated carbocycles. The van der Waals surface area contributed by atoms with Crippen molar-refractivity contribution in [1.82, 2.24) is 13.9 Å². The number of nitrogens with zero attached hydrogens (tertiary/aromatic N) is 3. The molecule has 0 atom stereocenters. The quantitative estimate of drug-likeness (QED) is 0.548. The zero-order valence-electron chi connectivity index (χ0n) is 19.0. The fourth-order valence-corrected chi connectivity index (χ4v) is 5.25. The largest absolute Gasteiger partial charge is 0.381 e. The highest BCUT2D eigenvalue weighted by atomic mass is 32.2. The number of hydrogen-bond donors (Lipinski definition) is 0. The SMILES string of the molecule is CC.CC(C)(C)c1nc2cc(SN3CCCCC3)ccc2n1CC1CCOCC1. The number of ether oxygens (including phenoxy) is 1. The summed E-state index contributed by atoms with van der Waals surface area (Å²) < 4.78 is 10.6. The number of aromatic nitrogens is 2. The smallest absolute Gasteiger partial charge is 0.115 e. The molecule has 2 fully saturated rings. The Balaban J connectivity index is 0.00000117. The molecule has 0 radical (unpaired) electrons. The number of hydrogen-bond acceptors (Lipinski definition) is 4. The number of fused-ring (bicyclic) bond motifs is 1. The van der Waals surface area contributed by atoms with Crippen LogP contribution in [0.1, 0.15) is 72.5 Å². The van der Waals surface area contributed by atoms with Crippen molar-refractivity contribution >= 4 is 23.0 Å². The second-order valence-corrected chi connectivity index (χ2v) is 10.3. The van der Waals surface area contributed by atoms with Gasteiger partial charge >= 0.3 is 0 Å². The van der Waals surface area contributed by atoms with E-state index in [1.54, 1.807) is 0 Å². The van der Waals surface area contributed by atoms with Crippen molar-refractivity contribution in [2.75, 3.05) is 26.3 Å². The van der Waals surface area contributed by atoms with Crippen LogP contribution in [-0.2, 0) is 16.7 Å². The Bertz CT molecular complexity index is 768. The molecular weight excluding hydrogens is 378 g/mol. The van der Waals surface area contributed by atoms with E-state index in [1.165, 1.54) is 48.6 Å². The van der Waals surface area contributed by atoms with Gasteiger partial charge in [0.15, 0.2) is 0 Å².